The summed E-state index contributed by atoms with van der Waals surface area (Å²) in [6.07, 6.45) is 5.78. The highest BCUT2D eigenvalue weighted by Gasteiger charge is 2.50. The minimum atomic E-state index is -2.05. The van der Waals surface area contributed by atoms with Gasteiger partial charge in [0.25, 0.3) is 0 Å². The minimum Gasteiger partial charge on any atom is -0.497 e. The van der Waals surface area contributed by atoms with Gasteiger partial charge in [0, 0.05) is 18.2 Å². The van der Waals surface area contributed by atoms with Gasteiger partial charge < -0.3 is 14.8 Å². The molecule has 6 heteroatoms. The number of methoxy groups -OCH3 is 2. The summed E-state index contributed by atoms with van der Waals surface area (Å²) in [5.74, 6) is 0.0970. The van der Waals surface area contributed by atoms with E-state index in [1.807, 2.05) is 30.3 Å². The van der Waals surface area contributed by atoms with Crippen LogP contribution in [0, 0.1) is 17.7 Å². The molecule has 2 aromatic rings. The lowest BCUT2D eigenvalue weighted by Crippen LogP contribution is -2.39. The number of carbonyl (C=O) groups is 1. The van der Waals surface area contributed by atoms with Crippen molar-refractivity contribution in [2.75, 3.05) is 26.1 Å². The quantitative estimate of drug-likeness (QED) is 0.418. The number of alkyl halides is 1. The lowest BCUT2D eigenvalue weighted by Gasteiger charge is -2.30. The number of esters is 1. The fourth-order valence-electron chi connectivity index (χ4n) is 5.53. The first-order valence-corrected chi connectivity index (χ1v) is 12.3. The molecule has 0 aliphatic heterocycles. The molecule has 2 aliphatic carbocycles. The molecule has 34 heavy (non-hydrogen) atoms. The average Bonchev–Trinajstić information content (AvgIpc) is 3.68. The number of hydrogen-bond donors (Lipinski definition) is 1. The maximum absolute atomic E-state index is 15.5. The van der Waals surface area contributed by atoms with Crippen LogP contribution in [0.3, 0.4) is 0 Å². The number of ether oxygens (including phenoxy) is 2. The average molecular weight is 472 g/mol. The van der Waals surface area contributed by atoms with E-state index in [-0.39, 0.29) is 17.7 Å². The van der Waals surface area contributed by atoms with Crippen molar-refractivity contribution in [1.82, 2.24) is 0 Å². The Morgan fingerprint density at radius 1 is 1.09 bits per heavy atom. The standard InChI is InChI=1S/C28H35F2NO3/c1-28(30,27(32)34-3)26(20-11-12-20)21-5-4-6-22(15-21)31-17-18-7-9-19(10-8-18)24-16-23(33-2)13-14-25(24)29/h4-6,13-16,18-20,26,31H,7-12,17H2,1-3H3/t18-,19-,26?,28?. The summed E-state index contributed by atoms with van der Waals surface area (Å²) in [4.78, 5) is 12.1. The summed E-state index contributed by atoms with van der Waals surface area (Å²) < 4.78 is 39.8. The third kappa shape index (κ3) is 5.37. The number of carbonyl (C=O) groups excluding carboxylic acids is 1. The second-order valence-corrected chi connectivity index (χ2v) is 9.99. The molecular formula is C28H35F2NO3. The Labute approximate surface area is 201 Å². The van der Waals surface area contributed by atoms with E-state index in [9.17, 15) is 9.18 Å². The van der Waals surface area contributed by atoms with E-state index < -0.39 is 17.6 Å². The van der Waals surface area contributed by atoms with Crippen LogP contribution in [-0.4, -0.2) is 32.4 Å². The zero-order valence-corrected chi connectivity index (χ0v) is 20.3. The molecule has 2 aliphatic rings. The summed E-state index contributed by atoms with van der Waals surface area (Å²) in [6.45, 7) is 2.15. The number of hydrogen-bond acceptors (Lipinski definition) is 4. The number of halogens is 2. The van der Waals surface area contributed by atoms with Gasteiger partial charge in [-0.2, -0.15) is 0 Å². The monoisotopic (exact) mass is 471 g/mol. The largest absolute Gasteiger partial charge is 0.497 e. The summed E-state index contributed by atoms with van der Waals surface area (Å²) in [5, 5.41) is 3.52. The van der Waals surface area contributed by atoms with Crippen LogP contribution in [0.25, 0.3) is 0 Å². The van der Waals surface area contributed by atoms with Crippen molar-refractivity contribution in [3.8, 4) is 5.75 Å². The Kier molecular flexibility index (Phi) is 7.44. The van der Waals surface area contributed by atoms with Gasteiger partial charge in [-0.05, 0) is 105 Å². The van der Waals surface area contributed by atoms with Crippen LogP contribution in [0.15, 0.2) is 42.5 Å². The Bertz CT molecular complexity index is 997. The number of anilines is 1. The summed E-state index contributed by atoms with van der Waals surface area (Å²) in [7, 11) is 2.84. The van der Waals surface area contributed by atoms with E-state index in [1.54, 1.807) is 13.2 Å². The highest BCUT2D eigenvalue weighted by atomic mass is 19.1. The van der Waals surface area contributed by atoms with Crippen LogP contribution in [-0.2, 0) is 9.53 Å². The molecule has 184 valence electrons. The van der Waals surface area contributed by atoms with Gasteiger partial charge in [-0.15, -0.1) is 0 Å². The summed E-state index contributed by atoms with van der Waals surface area (Å²) in [5.41, 5.74) is 0.469. The summed E-state index contributed by atoms with van der Waals surface area (Å²) in [6, 6.07) is 12.8. The van der Waals surface area contributed by atoms with Gasteiger partial charge in [-0.3, -0.25) is 0 Å². The van der Waals surface area contributed by atoms with Gasteiger partial charge in [0.2, 0.25) is 5.67 Å². The van der Waals surface area contributed by atoms with Crippen LogP contribution < -0.4 is 10.1 Å². The molecule has 2 atom stereocenters. The maximum Gasteiger partial charge on any atom is 0.343 e. The molecule has 2 fully saturated rings. The third-order valence-corrected chi connectivity index (χ3v) is 7.59. The first-order chi connectivity index (χ1) is 16.3. The highest BCUT2D eigenvalue weighted by Crippen LogP contribution is 2.50. The molecule has 4 rings (SSSR count). The lowest BCUT2D eigenvalue weighted by atomic mass is 9.78. The maximum atomic E-state index is 15.5. The van der Waals surface area contributed by atoms with Crippen LogP contribution in [0.5, 0.6) is 5.75 Å². The van der Waals surface area contributed by atoms with Crippen LogP contribution >= 0.6 is 0 Å². The van der Waals surface area contributed by atoms with Gasteiger partial charge in [-0.1, -0.05) is 12.1 Å². The molecule has 0 spiro atoms. The molecule has 2 aromatic carbocycles. The summed E-state index contributed by atoms with van der Waals surface area (Å²) >= 11 is 0. The fraction of sp³-hybridized carbons (Fsp3) is 0.536. The first-order valence-electron chi connectivity index (χ1n) is 12.3. The van der Waals surface area contributed by atoms with Crippen molar-refractivity contribution >= 4 is 11.7 Å². The molecule has 0 aromatic heterocycles. The van der Waals surface area contributed by atoms with Crippen molar-refractivity contribution in [2.24, 2.45) is 11.8 Å². The van der Waals surface area contributed by atoms with Crippen molar-refractivity contribution in [1.29, 1.82) is 0 Å². The normalized spacial score (nSPS) is 23.0. The van der Waals surface area contributed by atoms with E-state index in [0.29, 0.717) is 11.7 Å². The van der Waals surface area contributed by atoms with Crippen LogP contribution in [0.2, 0.25) is 0 Å². The van der Waals surface area contributed by atoms with E-state index >= 15 is 4.39 Å². The van der Waals surface area contributed by atoms with Crippen LogP contribution in [0.4, 0.5) is 14.5 Å². The zero-order valence-electron chi connectivity index (χ0n) is 20.3. The van der Waals surface area contributed by atoms with Crippen molar-refractivity contribution in [2.45, 2.75) is 63.0 Å². The predicted octanol–water partition coefficient (Wildman–Crippen LogP) is 6.62. The highest BCUT2D eigenvalue weighted by molar-refractivity contribution is 5.80. The molecular weight excluding hydrogens is 436 g/mol. The topological polar surface area (TPSA) is 47.6 Å². The lowest BCUT2D eigenvalue weighted by molar-refractivity contribution is -0.155. The minimum absolute atomic E-state index is 0.156. The SMILES string of the molecule is COC(=O)C(C)(F)C(c1cccc(NC[C@H]2CC[C@H](c3cc(OC)ccc3F)CC2)c1)C1CC1. The fourth-order valence-corrected chi connectivity index (χ4v) is 5.53. The molecule has 1 N–H and O–H groups in total. The first kappa shape index (κ1) is 24.5. The molecule has 0 radical (unpaired) electrons. The molecule has 0 amide bonds. The van der Waals surface area contributed by atoms with Crippen molar-refractivity contribution < 1.29 is 23.0 Å². The zero-order chi connectivity index (χ0) is 24.3. The van der Waals surface area contributed by atoms with Gasteiger partial charge in [0.15, 0.2) is 0 Å². The van der Waals surface area contributed by atoms with Gasteiger partial charge in [0.1, 0.15) is 11.6 Å². The Balaban J connectivity index is 1.36. The molecule has 4 nitrogen and oxygen atoms in total. The smallest absolute Gasteiger partial charge is 0.343 e. The van der Waals surface area contributed by atoms with Gasteiger partial charge in [-0.25, -0.2) is 13.6 Å². The molecule has 0 saturated heterocycles. The Morgan fingerprint density at radius 2 is 1.82 bits per heavy atom. The molecule has 2 unspecified atom stereocenters. The van der Waals surface area contributed by atoms with Crippen molar-refractivity contribution in [3.05, 3.63) is 59.4 Å². The van der Waals surface area contributed by atoms with Gasteiger partial charge >= 0.3 is 5.97 Å². The molecule has 2 saturated carbocycles. The number of nitrogens with one attached hydrogen (secondary N) is 1. The van der Waals surface area contributed by atoms with E-state index in [1.165, 1.54) is 20.1 Å². The van der Waals surface area contributed by atoms with Crippen LogP contribution in [0.1, 0.15) is 68.4 Å². The van der Waals surface area contributed by atoms with E-state index in [4.69, 9.17) is 9.47 Å². The molecule has 0 heterocycles. The Morgan fingerprint density at radius 3 is 2.47 bits per heavy atom. The molecule has 0 bridgehead atoms. The van der Waals surface area contributed by atoms with E-state index in [0.717, 1.165) is 61.9 Å². The second-order valence-electron chi connectivity index (χ2n) is 9.99. The third-order valence-electron chi connectivity index (χ3n) is 7.59. The second kappa shape index (κ2) is 10.3. The van der Waals surface area contributed by atoms with E-state index in [2.05, 4.69) is 5.32 Å². The number of rotatable bonds is 9. The predicted molar refractivity (Wildman–Crippen MR) is 130 cm³/mol. The van der Waals surface area contributed by atoms with Gasteiger partial charge in [0.05, 0.1) is 14.2 Å². The number of benzene rings is 2. The van der Waals surface area contributed by atoms with Crippen molar-refractivity contribution in [3.63, 3.8) is 0 Å². The Hall–Kier alpha value is -2.63.